The Morgan fingerprint density at radius 1 is 1.00 bits per heavy atom. The lowest BCUT2D eigenvalue weighted by molar-refractivity contribution is -0.129. The van der Waals surface area contributed by atoms with E-state index in [0.29, 0.717) is 32.2 Å². The summed E-state index contributed by atoms with van der Waals surface area (Å²) in [5.41, 5.74) is 5.44. The molecule has 16 nitrogen and oxygen atoms in total. The Kier molecular flexibility index (Phi) is 15.2. The van der Waals surface area contributed by atoms with Crippen LogP contribution < -0.4 is 11.1 Å². The third kappa shape index (κ3) is 14.2. The molecule has 0 radical (unpaired) electrons. The second kappa shape index (κ2) is 17.1. The Morgan fingerprint density at radius 2 is 1.63 bits per heavy atom. The molecule has 1 saturated carbocycles. The van der Waals surface area contributed by atoms with Gasteiger partial charge in [-0.25, -0.2) is 13.7 Å². The van der Waals surface area contributed by atoms with E-state index in [1.165, 1.54) is 6.92 Å². The number of hydrogen-bond acceptors (Lipinski definition) is 12. The van der Waals surface area contributed by atoms with E-state index >= 15 is 0 Å². The molecule has 240 valence electrons. The molecule has 7 N–H and O–H groups in total. The second-order valence-corrected chi connectivity index (χ2v) is 14.9. The number of ether oxygens (including phenoxy) is 1. The van der Waals surface area contributed by atoms with Crippen LogP contribution >= 0.6 is 23.5 Å². The first kappa shape index (κ1) is 36.6. The number of phosphoric ester groups is 2. The van der Waals surface area contributed by atoms with E-state index < -0.39 is 60.7 Å². The Labute approximate surface area is 239 Å². The number of nitrogens with two attached hydrogens (primary N) is 1. The van der Waals surface area contributed by atoms with Gasteiger partial charge in [-0.15, -0.1) is 0 Å². The number of aliphatic hydroxyl groups excluding tert-OH is 1. The third-order valence-electron chi connectivity index (χ3n) is 6.81. The molecule has 1 aliphatic heterocycles. The van der Waals surface area contributed by atoms with Crippen molar-refractivity contribution in [2.75, 3.05) is 26.3 Å². The first-order chi connectivity index (χ1) is 19.1. The van der Waals surface area contributed by atoms with E-state index in [2.05, 4.69) is 23.0 Å². The van der Waals surface area contributed by atoms with E-state index in [0.717, 1.165) is 32.1 Å². The maximum Gasteiger partial charge on any atom is 0.490 e. The van der Waals surface area contributed by atoms with E-state index in [1.54, 1.807) is 0 Å². The van der Waals surface area contributed by atoms with Gasteiger partial charge in [-0.1, -0.05) is 25.7 Å². The van der Waals surface area contributed by atoms with Gasteiger partial charge in [0.05, 0.1) is 25.4 Å². The summed E-state index contributed by atoms with van der Waals surface area (Å²) in [6.07, 6.45) is 4.93. The molecular weight excluding hydrogens is 609 g/mol. The van der Waals surface area contributed by atoms with Gasteiger partial charge < -0.3 is 40.4 Å². The standard InChI is InChI=1S/C22H43N2O14P3/c1-16(25)13-18(9-5-6-10-23)22(27)24-11-12-34-39(28,29)37-41(32,33)38-40(30,31)35-15-21-19(26)14-20(36-21)17-7-3-2-4-8-17/h17-21,26H,2-15,23H2,1H3,(H,24,27)(H,28,29)(H,30,31)(H,32,33)/t18?,19?,20-,21-/m1/s1. The molecule has 41 heavy (non-hydrogen) atoms. The summed E-state index contributed by atoms with van der Waals surface area (Å²) in [7, 11) is -16.3. The molecule has 0 aromatic heterocycles. The Bertz CT molecular complexity index is 995. The highest BCUT2D eigenvalue weighted by molar-refractivity contribution is 7.66. The summed E-state index contributed by atoms with van der Waals surface area (Å²) in [5.74, 6) is -1.07. The molecule has 5 unspecified atom stereocenters. The number of carbonyl (C=O) groups is 2. The largest absolute Gasteiger partial charge is 0.490 e. The summed E-state index contributed by atoms with van der Waals surface area (Å²) in [5, 5.41) is 12.7. The minimum Gasteiger partial charge on any atom is -0.390 e. The first-order valence-electron chi connectivity index (χ1n) is 13.6. The van der Waals surface area contributed by atoms with Crippen molar-refractivity contribution in [3.63, 3.8) is 0 Å². The summed E-state index contributed by atoms with van der Waals surface area (Å²) in [6, 6.07) is 0. The fraction of sp³-hybridized carbons (Fsp3) is 0.909. The first-order valence-corrected chi connectivity index (χ1v) is 18.1. The zero-order valence-electron chi connectivity index (χ0n) is 23.1. The average Bonchev–Trinajstić information content (AvgIpc) is 3.24. The molecule has 1 saturated heterocycles. The molecule has 0 aromatic rings. The molecule has 7 atom stereocenters. The van der Waals surface area contributed by atoms with Crippen molar-refractivity contribution < 1.29 is 65.5 Å². The predicted octanol–water partition coefficient (Wildman–Crippen LogP) is 2.29. The molecule has 0 bridgehead atoms. The number of phosphoric acid groups is 3. The van der Waals surface area contributed by atoms with E-state index in [1.807, 2.05) is 0 Å². The van der Waals surface area contributed by atoms with Crippen LogP contribution in [-0.4, -0.2) is 76.1 Å². The van der Waals surface area contributed by atoms with Crippen molar-refractivity contribution in [2.45, 2.75) is 89.4 Å². The molecule has 1 amide bonds. The van der Waals surface area contributed by atoms with E-state index in [-0.39, 0.29) is 30.8 Å². The third-order valence-corrected chi connectivity index (χ3v) is 11.1. The van der Waals surface area contributed by atoms with Crippen molar-refractivity contribution in [3.8, 4) is 0 Å². The lowest BCUT2D eigenvalue weighted by atomic mass is 9.84. The number of aliphatic hydroxyl groups is 1. The second-order valence-electron chi connectivity index (χ2n) is 10.3. The van der Waals surface area contributed by atoms with Crippen LogP contribution in [0.25, 0.3) is 0 Å². The van der Waals surface area contributed by atoms with Gasteiger partial charge >= 0.3 is 23.5 Å². The van der Waals surface area contributed by atoms with Gasteiger partial charge in [-0.3, -0.25) is 13.8 Å². The topological polar surface area (TPSA) is 250 Å². The number of rotatable bonds is 19. The fourth-order valence-corrected chi connectivity index (χ4v) is 8.41. The van der Waals surface area contributed by atoms with Crippen LogP contribution in [-0.2, 0) is 45.7 Å². The SMILES string of the molecule is CC(=O)CC(CCCCN)C(=O)NCCOP(=O)(O)OP(=O)(O)OP(=O)(O)OC[C@H]1O[C@@H](C2CCCCC2)CC1O. The van der Waals surface area contributed by atoms with Crippen molar-refractivity contribution >= 4 is 35.2 Å². The minimum absolute atomic E-state index is 0.000118. The zero-order chi connectivity index (χ0) is 30.7. The Morgan fingerprint density at radius 3 is 2.24 bits per heavy atom. The van der Waals surface area contributed by atoms with Crippen LogP contribution in [0.5, 0.6) is 0 Å². The number of carbonyl (C=O) groups excluding carboxylic acids is 2. The molecule has 19 heteroatoms. The van der Waals surface area contributed by atoms with Crippen molar-refractivity contribution in [2.24, 2.45) is 17.6 Å². The smallest absolute Gasteiger partial charge is 0.390 e. The Hall–Kier alpha value is -0.570. The van der Waals surface area contributed by atoms with Crippen molar-refractivity contribution in [3.05, 3.63) is 0 Å². The van der Waals surface area contributed by atoms with Crippen LogP contribution in [0.3, 0.4) is 0 Å². The minimum atomic E-state index is -5.68. The number of hydrogen-bond donors (Lipinski definition) is 6. The molecule has 0 spiro atoms. The number of amides is 1. The molecule has 2 rings (SSSR count). The highest BCUT2D eigenvalue weighted by Crippen LogP contribution is 2.67. The van der Waals surface area contributed by atoms with Crippen molar-refractivity contribution in [1.82, 2.24) is 5.32 Å². The molecule has 0 aromatic carbocycles. The molecule has 2 fully saturated rings. The average molecular weight is 653 g/mol. The van der Waals surface area contributed by atoms with E-state index in [4.69, 9.17) is 10.5 Å². The van der Waals surface area contributed by atoms with Crippen LogP contribution in [0.15, 0.2) is 0 Å². The normalized spacial score (nSPS) is 26.9. The predicted molar refractivity (Wildman–Crippen MR) is 144 cm³/mol. The van der Waals surface area contributed by atoms with Crippen LogP contribution in [0.1, 0.15) is 71.1 Å². The zero-order valence-corrected chi connectivity index (χ0v) is 25.8. The van der Waals surface area contributed by atoms with E-state index in [9.17, 15) is 43.1 Å². The van der Waals surface area contributed by atoms with Gasteiger partial charge in [0.15, 0.2) is 0 Å². The van der Waals surface area contributed by atoms with Gasteiger partial charge in [0, 0.05) is 25.3 Å². The van der Waals surface area contributed by atoms with Crippen LogP contribution in [0, 0.1) is 11.8 Å². The fourth-order valence-electron chi connectivity index (χ4n) is 4.90. The van der Waals surface area contributed by atoms with Gasteiger partial charge in [0.2, 0.25) is 5.91 Å². The Balaban J connectivity index is 1.77. The van der Waals surface area contributed by atoms with Crippen molar-refractivity contribution in [1.29, 1.82) is 0 Å². The van der Waals surface area contributed by atoms with Gasteiger partial charge in [0.25, 0.3) is 0 Å². The van der Waals surface area contributed by atoms with Gasteiger partial charge in [-0.05, 0) is 45.1 Å². The summed E-state index contributed by atoms with van der Waals surface area (Å²) < 4.78 is 59.5. The number of Topliss-reactive ketones (excluding diaryl/α,β-unsaturated/α-hetero) is 1. The van der Waals surface area contributed by atoms with Gasteiger partial charge in [-0.2, -0.15) is 8.62 Å². The number of nitrogens with one attached hydrogen (secondary N) is 1. The number of ketones is 1. The van der Waals surface area contributed by atoms with Gasteiger partial charge in [0.1, 0.15) is 11.9 Å². The molecule has 2 aliphatic rings. The summed E-state index contributed by atoms with van der Waals surface area (Å²) in [4.78, 5) is 53.1. The molecule has 1 heterocycles. The van der Waals surface area contributed by atoms with Crippen LogP contribution in [0.2, 0.25) is 0 Å². The molecule has 1 aliphatic carbocycles. The highest BCUT2D eigenvalue weighted by atomic mass is 31.3. The quantitative estimate of drug-likeness (QED) is 0.0865. The monoisotopic (exact) mass is 652 g/mol. The number of unbranched alkanes of at least 4 members (excludes halogenated alkanes) is 1. The maximum atomic E-state index is 12.3. The highest BCUT2D eigenvalue weighted by Gasteiger charge is 2.44. The lowest BCUT2D eigenvalue weighted by Gasteiger charge is -2.27. The molecular formula is C22H43N2O14P3. The van der Waals surface area contributed by atoms with Crippen LogP contribution in [0.4, 0.5) is 0 Å². The maximum absolute atomic E-state index is 12.3. The summed E-state index contributed by atoms with van der Waals surface area (Å²) in [6.45, 7) is 0.158. The summed E-state index contributed by atoms with van der Waals surface area (Å²) >= 11 is 0. The lowest BCUT2D eigenvalue weighted by Crippen LogP contribution is -2.34.